The summed E-state index contributed by atoms with van der Waals surface area (Å²) in [7, 11) is 4.01. The summed E-state index contributed by atoms with van der Waals surface area (Å²) in [5, 5.41) is 14.0. The third-order valence-corrected chi connectivity index (χ3v) is 4.09. The van der Waals surface area contributed by atoms with Gasteiger partial charge < -0.3 is 14.6 Å². The summed E-state index contributed by atoms with van der Waals surface area (Å²) in [6.07, 6.45) is 2.81. The number of thioether (sulfide) groups is 2. The van der Waals surface area contributed by atoms with Gasteiger partial charge in [-0.3, -0.25) is 10.1 Å². The lowest BCUT2D eigenvalue weighted by Crippen LogP contribution is -2.15. The van der Waals surface area contributed by atoms with Gasteiger partial charge in [0.05, 0.1) is 17.2 Å². The van der Waals surface area contributed by atoms with Gasteiger partial charge in [0.1, 0.15) is 16.5 Å². The van der Waals surface area contributed by atoms with Gasteiger partial charge in [0.15, 0.2) is 0 Å². The molecule has 0 radical (unpaired) electrons. The van der Waals surface area contributed by atoms with Crippen LogP contribution >= 0.6 is 23.5 Å². The zero-order chi connectivity index (χ0) is 15.7. The smallest absolute Gasteiger partial charge is 0.263 e. The lowest BCUT2D eigenvalue weighted by molar-refractivity contribution is -0.403. The van der Waals surface area contributed by atoms with Gasteiger partial charge in [0.2, 0.25) is 0 Å². The van der Waals surface area contributed by atoms with Crippen LogP contribution < -0.4 is 5.32 Å². The van der Waals surface area contributed by atoms with E-state index in [4.69, 9.17) is 4.42 Å². The molecule has 1 rings (SSSR count). The van der Waals surface area contributed by atoms with Crippen LogP contribution in [0.3, 0.4) is 0 Å². The van der Waals surface area contributed by atoms with Crippen LogP contribution in [0, 0.1) is 10.1 Å². The molecule has 21 heavy (non-hydrogen) atoms. The lowest BCUT2D eigenvalue weighted by Gasteiger charge is -2.06. The van der Waals surface area contributed by atoms with E-state index in [1.165, 1.54) is 11.8 Å². The van der Waals surface area contributed by atoms with Crippen LogP contribution in [-0.4, -0.2) is 42.5 Å². The van der Waals surface area contributed by atoms with Gasteiger partial charge in [-0.2, -0.15) is 11.8 Å². The van der Waals surface area contributed by atoms with E-state index in [-0.39, 0.29) is 0 Å². The SMILES string of the molecule is CS/C(=C/[N+](=O)[O-])NCCSCc1ccc(CN(C)C)o1. The minimum atomic E-state index is -0.443. The number of nitrogens with zero attached hydrogens (tertiary/aromatic N) is 2. The fourth-order valence-corrected chi connectivity index (χ4v) is 2.77. The molecule has 0 aliphatic carbocycles. The van der Waals surface area contributed by atoms with Crippen molar-refractivity contribution in [1.82, 2.24) is 10.2 Å². The Morgan fingerprint density at radius 3 is 2.81 bits per heavy atom. The largest absolute Gasteiger partial charge is 0.464 e. The monoisotopic (exact) mass is 331 g/mol. The average Bonchev–Trinajstić information content (AvgIpc) is 2.83. The van der Waals surface area contributed by atoms with Crippen molar-refractivity contribution in [2.75, 3.05) is 32.6 Å². The second-order valence-corrected chi connectivity index (χ2v) is 6.52. The topological polar surface area (TPSA) is 71.6 Å². The van der Waals surface area contributed by atoms with Crippen molar-refractivity contribution in [3.8, 4) is 0 Å². The van der Waals surface area contributed by atoms with Crippen LogP contribution in [0.5, 0.6) is 0 Å². The Balaban J connectivity index is 2.22. The maximum atomic E-state index is 10.4. The summed E-state index contributed by atoms with van der Waals surface area (Å²) in [5.41, 5.74) is 0. The first kappa shape index (κ1) is 17.9. The van der Waals surface area contributed by atoms with E-state index in [0.717, 1.165) is 35.8 Å². The number of nitro groups is 1. The van der Waals surface area contributed by atoms with Gasteiger partial charge in [-0.1, -0.05) is 0 Å². The molecular formula is C13H21N3O3S2. The van der Waals surface area contributed by atoms with Gasteiger partial charge >= 0.3 is 0 Å². The van der Waals surface area contributed by atoms with Crippen LogP contribution in [0.4, 0.5) is 0 Å². The Morgan fingerprint density at radius 2 is 2.19 bits per heavy atom. The van der Waals surface area contributed by atoms with Crippen LogP contribution in [0.2, 0.25) is 0 Å². The van der Waals surface area contributed by atoms with Gasteiger partial charge in [-0.25, -0.2) is 0 Å². The molecule has 0 aromatic carbocycles. The van der Waals surface area contributed by atoms with Gasteiger partial charge in [0, 0.05) is 12.3 Å². The number of hydrogen-bond donors (Lipinski definition) is 1. The van der Waals surface area contributed by atoms with Crippen LogP contribution in [0.25, 0.3) is 0 Å². The molecule has 0 saturated carbocycles. The molecule has 6 nitrogen and oxygen atoms in total. The highest BCUT2D eigenvalue weighted by molar-refractivity contribution is 8.02. The van der Waals surface area contributed by atoms with Crippen molar-refractivity contribution in [2.45, 2.75) is 12.3 Å². The zero-order valence-electron chi connectivity index (χ0n) is 12.5. The molecule has 1 heterocycles. The average molecular weight is 331 g/mol. The molecular weight excluding hydrogens is 310 g/mol. The molecule has 1 N–H and O–H groups in total. The van der Waals surface area contributed by atoms with Crippen LogP contribution in [0.1, 0.15) is 11.5 Å². The van der Waals surface area contributed by atoms with E-state index in [1.54, 1.807) is 11.8 Å². The Bertz CT molecular complexity index is 475. The molecule has 1 aromatic heterocycles. The first-order valence-electron chi connectivity index (χ1n) is 6.44. The Labute approximate surface area is 133 Å². The highest BCUT2D eigenvalue weighted by Crippen LogP contribution is 2.16. The van der Waals surface area contributed by atoms with E-state index in [2.05, 4.69) is 10.2 Å². The van der Waals surface area contributed by atoms with Gasteiger partial charge in [0.25, 0.3) is 6.20 Å². The molecule has 0 spiro atoms. The maximum Gasteiger partial charge on any atom is 0.263 e. The summed E-state index contributed by atoms with van der Waals surface area (Å²) in [6, 6.07) is 4.00. The van der Waals surface area contributed by atoms with Gasteiger partial charge in [-0.05, 0) is 32.5 Å². The maximum absolute atomic E-state index is 10.4. The van der Waals surface area contributed by atoms with Gasteiger partial charge in [-0.15, -0.1) is 11.8 Å². The highest BCUT2D eigenvalue weighted by Gasteiger charge is 2.04. The van der Waals surface area contributed by atoms with Crippen molar-refractivity contribution in [3.05, 3.63) is 45.0 Å². The predicted octanol–water partition coefficient (Wildman–Crippen LogP) is 2.60. The summed E-state index contributed by atoms with van der Waals surface area (Å²) >= 11 is 3.07. The predicted molar refractivity (Wildman–Crippen MR) is 88.9 cm³/mol. The number of furan rings is 1. The lowest BCUT2D eigenvalue weighted by atomic mass is 10.4. The fraction of sp³-hybridized carbons (Fsp3) is 0.538. The molecule has 0 unspecified atom stereocenters. The molecule has 118 valence electrons. The molecule has 0 amide bonds. The minimum absolute atomic E-state index is 0.443. The van der Waals surface area contributed by atoms with Crippen molar-refractivity contribution in [2.24, 2.45) is 0 Å². The summed E-state index contributed by atoms with van der Waals surface area (Å²) in [6.45, 7) is 1.49. The van der Waals surface area contributed by atoms with E-state index in [9.17, 15) is 10.1 Å². The molecule has 8 heteroatoms. The number of nitrogens with one attached hydrogen (secondary N) is 1. The van der Waals surface area contributed by atoms with E-state index in [1.807, 2.05) is 32.5 Å². The second-order valence-electron chi connectivity index (χ2n) is 4.57. The van der Waals surface area contributed by atoms with E-state index in [0.29, 0.717) is 11.6 Å². The summed E-state index contributed by atoms with van der Waals surface area (Å²) in [5.74, 6) is 3.59. The Hall–Kier alpha value is -1.12. The molecule has 0 aliphatic rings. The number of hydrogen-bond acceptors (Lipinski definition) is 7. The van der Waals surface area contributed by atoms with Crippen molar-refractivity contribution >= 4 is 23.5 Å². The summed E-state index contributed by atoms with van der Waals surface area (Å²) in [4.78, 5) is 12.0. The Morgan fingerprint density at radius 1 is 1.48 bits per heavy atom. The first-order chi connectivity index (χ1) is 10.0. The molecule has 0 aliphatic heterocycles. The zero-order valence-corrected chi connectivity index (χ0v) is 14.1. The second kappa shape index (κ2) is 9.75. The summed E-state index contributed by atoms with van der Waals surface area (Å²) < 4.78 is 5.71. The molecule has 0 saturated heterocycles. The fourth-order valence-electron chi connectivity index (χ4n) is 1.58. The highest BCUT2D eigenvalue weighted by atomic mass is 32.2. The third-order valence-electron chi connectivity index (χ3n) is 2.42. The normalized spacial score (nSPS) is 11.9. The van der Waals surface area contributed by atoms with Crippen molar-refractivity contribution in [1.29, 1.82) is 0 Å². The number of rotatable bonds is 10. The minimum Gasteiger partial charge on any atom is -0.464 e. The first-order valence-corrected chi connectivity index (χ1v) is 8.82. The molecule has 0 fully saturated rings. The molecule has 0 atom stereocenters. The van der Waals surface area contributed by atoms with Crippen LogP contribution in [0.15, 0.2) is 27.8 Å². The third kappa shape index (κ3) is 8.03. The van der Waals surface area contributed by atoms with E-state index >= 15 is 0 Å². The van der Waals surface area contributed by atoms with Crippen LogP contribution in [-0.2, 0) is 12.3 Å². The quantitative estimate of drug-likeness (QED) is 0.401. The Kier molecular flexibility index (Phi) is 8.33. The standard InChI is InChI=1S/C13H21N3O3S2/c1-15(2)8-11-4-5-12(19-11)10-21-7-6-14-13(20-3)9-16(17)18/h4-5,9,14H,6-8,10H2,1-3H3/b13-9+. The van der Waals surface area contributed by atoms with E-state index < -0.39 is 4.92 Å². The molecule has 1 aromatic rings. The van der Waals surface area contributed by atoms with Crippen molar-refractivity contribution in [3.63, 3.8) is 0 Å². The van der Waals surface area contributed by atoms with Crippen molar-refractivity contribution < 1.29 is 9.34 Å². The molecule has 0 bridgehead atoms.